The number of aromatic nitrogens is 1. The van der Waals surface area contributed by atoms with Gasteiger partial charge in [0.15, 0.2) is 5.96 Å². The van der Waals surface area contributed by atoms with E-state index in [-0.39, 0.29) is 0 Å². The molecule has 0 aliphatic heterocycles. The predicted molar refractivity (Wildman–Crippen MR) is 87.7 cm³/mol. The van der Waals surface area contributed by atoms with Gasteiger partial charge in [-0.25, -0.2) is 9.98 Å². The van der Waals surface area contributed by atoms with Gasteiger partial charge < -0.3 is 15.4 Å². The molecule has 2 N–H and O–H groups in total. The van der Waals surface area contributed by atoms with E-state index in [2.05, 4.69) is 41.4 Å². The third kappa shape index (κ3) is 6.47. The zero-order valence-corrected chi connectivity index (χ0v) is 13.6. The van der Waals surface area contributed by atoms with Crippen LogP contribution in [0, 0.1) is 5.92 Å². The van der Waals surface area contributed by atoms with Crippen LogP contribution in [0.25, 0.3) is 0 Å². The van der Waals surface area contributed by atoms with E-state index < -0.39 is 0 Å². The van der Waals surface area contributed by atoms with Gasteiger partial charge in [-0.3, -0.25) is 0 Å². The Balaban J connectivity index is 2.57. The largest absolute Gasteiger partial charge is 0.481 e. The first-order valence-electron chi connectivity index (χ1n) is 7.74. The highest BCUT2D eigenvalue weighted by Gasteiger charge is 2.04. The molecule has 5 heteroatoms. The molecule has 0 spiro atoms. The fourth-order valence-corrected chi connectivity index (χ4v) is 1.96. The monoisotopic (exact) mass is 292 g/mol. The van der Waals surface area contributed by atoms with Crippen molar-refractivity contribution in [3.63, 3.8) is 0 Å². The Hall–Kier alpha value is -1.78. The number of ether oxygens (including phenoxy) is 1. The first kappa shape index (κ1) is 17.3. The lowest BCUT2D eigenvalue weighted by molar-refractivity contribution is 0.397. The molecule has 21 heavy (non-hydrogen) atoms. The lowest BCUT2D eigenvalue weighted by atomic mass is 10.0. The number of pyridine rings is 1. The zero-order valence-electron chi connectivity index (χ0n) is 13.6. The van der Waals surface area contributed by atoms with Gasteiger partial charge in [0.1, 0.15) is 0 Å². The minimum Gasteiger partial charge on any atom is -0.481 e. The number of hydrogen-bond donors (Lipinski definition) is 2. The van der Waals surface area contributed by atoms with E-state index in [4.69, 9.17) is 4.74 Å². The molecule has 0 saturated carbocycles. The van der Waals surface area contributed by atoms with E-state index in [1.165, 1.54) is 12.8 Å². The molecular weight excluding hydrogens is 264 g/mol. The van der Waals surface area contributed by atoms with Gasteiger partial charge in [-0.1, -0.05) is 32.8 Å². The summed E-state index contributed by atoms with van der Waals surface area (Å²) in [6, 6.07) is 3.84. The number of nitrogens with zero attached hydrogens (tertiary/aromatic N) is 2. The van der Waals surface area contributed by atoms with Crippen LogP contribution >= 0.6 is 0 Å². The van der Waals surface area contributed by atoms with Crippen LogP contribution in [0.15, 0.2) is 23.3 Å². The summed E-state index contributed by atoms with van der Waals surface area (Å²) < 4.78 is 5.05. The standard InChI is InChI=1S/C16H28N4O/c1-5-13(6-2)10-19-16(17-7-3)20-12-14-8-9-15(21-4)18-11-14/h8-9,11,13H,5-7,10,12H2,1-4H3,(H2,17,19,20). The third-order valence-electron chi connectivity index (χ3n) is 3.48. The maximum Gasteiger partial charge on any atom is 0.212 e. The molecule has 5 nitrogen and oxygen atoms in total. The number of aliphatic imine (C=N–C) groups is 1. The lowest BCUT2D eigenvalue weighted by Crippen LogP contribution is -2.39. The Labute approximate surface area is 128 Å². The molecule has 0 fully saturated rings. The van der Waals surface area contributed by atoms with Crippen molar-refractivity contribution in [2.45, 2.75) is 40.2 Å². The van der Waals surface area contributed by atoms with Crippen LogP contribution in [0.3, 0.4) is 0 Å². The minimum absolute atomic E-state index is 0.606. The predicted octanol–water partition coefficient (Wildman–Crippen LogP) is 2.58. The average Bonchev–Trinajstić information content (AvgIpc) is 2.53. The molecular formula is C16H28N4O. The van der Waals surface area contributed by atoms with Gasteiger partial charge >= 0.3 is 0 Å². The number of rotatable bonds is 8. The maximum atomic E-state index is 5.05. The van der Waals surface area contributed by atoms with Crippen LogP contribution in [-0.4, -0.2) is 31.1 Å². The fraction of sp³-hybridized carbons (Fsp3) is 0.625. The topological polar surface area (TPSA) is 58.5 Å². The lowest BCUT2D eigenvalue weighted by Gasteiger charge is -2.16. The Morgan fingerprint density at radius 3 is 2.52 bits per heavy atom. The zero-order chi connectivity index (χ0) is 15.5. The van der Waals surface area contributed by atoms with Crippen LogP contribution < -0.4 is 15.4 Å². The molecule has 0 saturated heterocycles. The first-order valence-corrected chi connectivity index (χ1v) is 7.74. The summed E-state index contributed by atoms with van der Waals surface area (Å²) in [5.41, 5.74) is 1.07. The third-order valence-corrected chi connectivity index (χ3v) is 3.48. The Kier molecular flexibility index (Phi) is 8.24. The van der Waals surface area contributed by atoms with E-state index in [1.807, 2.05) is 12.1 Å². The summed E-state index contributed by atoms with van der Waals surface area (Å²) in [4.78, 5) is 8.78. The van der Waals surface area contributed by atoms with E-state index >= 15 is 0 Å². The summed E-state index contributed by atoms with van der Waals surface area (Å²) >= 11 is 0. The van der Waals surface area contributed by atoms with Crippen molar-refractivity contribution in [2.75, 3.05) is 20.2 Å². The number of hydrogen-bond acceptors (Lipinski definition) is 3. The molecule has 1 heterocycles. The maximum absolute atomic E-state index is 5.05. The van der Waals surface area contributed by atoms with Crippen LogP contribution in [0.4, 0.5) is 0 Å². The summed E-state index contributed by atoms with van der Waals surface area (Å²) in [6.07, 6.45) is 4.17. The van der Waals surface area contributed by atoms with Gasteiger partial charge in [0.25, 0.3) is 0 Å². The van der Waals surface area contributed by atoms with Crippen LogP contribution in [-0.2, 0) is 6.54 Å². The molecule has 0 atom stereocenters. The summed E-state index contributed by atoms with van der Waals surface area (Å²) in [7, 11) is 1.62. The van der Waals surface area contributed by atoms with Gasteiger partial charge in [0, 0.05) is 25.4 Å². The molecule has 0 aromatic carbocycles. The van der Waals surface area contributed by atoms with E-state index in [9.17, 15) is 0 Å². The number of guanidine groups is 1. The summed E-state index contributed by atoms with van der Waals surface area (Å²) in [5, 5.41) is 6.68. The van der Waals surface area contributed by atoms with Gasteiger partial charge in [0.05, 0.1) is 13.7 Å². The Morgan fingerprint density at radius 1 is 1.24 bits per heavy atom. The van der Waals surface area contributed by atoms with Crippen LogP contribution in [0.5, 0.6) is 5.88 Å². The Morgan fingerprint density at radius 2 is 2.00 bits per heavy atom. The summed E-state index contributed by atoms with van der Waals surface area (Å²) in [6.45, 7) is 8.94. The second kappa shape index (κ2) is 10.0. The fourth-order valence-electron chi connectivity index (χ4n) is 1.96. The summed E-state index contributed by atoms with van der Waals surface area (Å²) in [5.74, 6) is 2.18. The van der Waals surface area contributed by atoms with Crippen molar-refractivity contribution in [1.29, 1.82) is 0 Å². The Bertz CT molecular complexity index is 413. The molecule has 1 aromatic heterocycles. The van der Waals surface area contributed by atoms with E-state index in [1.54, 1.807) is 13.3 Å². The number of nitrogens with one attached hydrogen (secondary N) is 2. The van der Waals surface area contributed by atoms with Gasteiger partial charge in [-0.05, 0) is 18.4 Å². The molecule has 0 bridgehead atoms. The minimum atomic E-state index is 0.606. The molecule has 0 aliphatic carbocycles. The highest BCUT2D eigenvalue weighted by atomic mass is 16.5. The molecule has 1 aromatic rings. The smallest absolute Gasteiger partial charge is 0.212 e. The average molecular weight is 292 g/mol. The van der Waals surface area contributed by atoms with Crippen molar-refractivity contribution < 1.29 is 4.74 Å². The molecule has 118 valence electrons. The van der Waals surface area contributed by atoms with Crippen molar-refractivity contribution in [1.82, 2.24) is 15.6 Å². The van der Waals surface area contributed by atoms with Crippen molar-refractivity contribution in [3.8, 4) is 5.88 Å². The van der Waals surface area contributed by atoms with E-state index in [0.29, 0.717) is 18.3 Å². The van der Waals surface area contributed by atoms with Crippen LogP contribution in [0.1, 0.15) is 39.2 Å². The van der Waals surface area contributed by atoms with E-state index in [0.717, 1.165) is 24.6 Å². The quantitative estimate of drug-likeness (QED) is 0.571. The van der Waals surface area contributed by atoms with Gasteiger partial charge in [0.2, 0.25) is 5.88 Å². The van der Waals surface area contributed by atoms with Crippen LogP contribution in [0.2, 0.25) is 0 Å². The van der Waals surface area contributed by atoms with Crippen molar-refractivity contribution >= 4 is 5.96 Å². The highest BCUT2D eigenvalue weighted by Crippen LogP contribution is 2.08. The number of methoxy groups -OCH3 is 1. The molecule has 0 aliphatic rings. The molecule has 0 unspecified atom stereocenters. The van der Waals surface area contributed by atoms with Crippen molar-refractivity contribution in [2.24, 2.45) is 10.9 Å². The molecule has 1 rings (SSSR count). The second-order valence-corrected chi connectivity index (χ2v) is 4.97. The van der Waals surface area contributed by atoms with Gasteiger partial charge in [-0.2, -0.15) is 0 Å². The highest BCUT2D eigenvalue weighted by molar-refractivity contribution is 5.79. The molecule has 0 radical (unpaired) electrons. The van der Waals surface area contributed by atoms with Gasteiger partial charge in [-0.15, -0.1) is 0 Å². The molecule has 0 amide bonds. The van der Waals surface area contributed by atoms with Crippen molar-refractivity contribution in [3.05, 3.63) is 23.9 Å². The normalized spacial score (nSPS) is 11.6. The second-order valence-electron chi connectivity index (χ2n) is 4.97. The SMILES string of the molecule is CCNC(=NCc1ccc(OC)nc1)NCC(CC)CC. The first-order chi connectivity index (χ1) is 10.2.